The number of rotatable bonds is 3. The minimum absolute atomic E-state index is 0.0613. The van der Waals surface area contributed by atoms with Crippen molar-refractivity contribution in [2.75, 3.05) is 45.9 Å². The van der Waals surface area contributed by atoms with Gasteiger partial charge in [0.15, 0.2) is 0 Å². The molecule has 2 aliphatic rings. The molecule has 2 heterocycles. The molecule has 92 valence electrons. The number of nitrogens with zero attached hydrogens (tertiary/aromatic N) is 2. The molecule has 0 bridgehead atoms. The number of nitrogens with one attached hydrogen (secondary N) is 1. The Labute approximate surface area is 95.8 Å². The molecule has 0 aromatic carbocycles. The van der Waals surface area contributed by atoms with E-state index in [2.05, 4.69) is 5.32 Å². The largest absolute Gasteiger partial charge is 0.339 e. The predicted molar refractivity (Wildman–Crippen MR) is 60.0 cm³/mol. The van der Waals surface area contributed by atoms with Gasteiger partial charge in [0, 0.05) is 32.7 Å². The average Bonchev–Trinajstić information content (AvgIpc) is 2.78. The van der Waals surface area contributed by atoms with Crippen molar-refractivity contribution in [2.24, 2.45) is 0 Å². The van der Waals surface area contributed by atoms with Crippen LogP contribution in [-0.4, -0.2) is 67.7 Å². The van der Waals surface area contributed by atoms with Crippen molar-refractivity contribution < 1.29 is 9.18 Å². The third-order valence-electron chi connectivity index (χ3n) is 3.45. The molecule has 1 unspecified atom stereocenters. The lowest BCUT2D eigenvalue weighted by atomic mass is 10.2. The van der Waals surface area contributed by atoms with Crippen LogP contribution in [0, 0.1) is 0 Å². The second-order valence-electron chi connectivity index (χ2n) is 4.46. The Morgan fingerprint density at radius 3 is 2.75 bits per heavy atom. The van der Waals surface area contributed by atoms with Gasteiger partial charge in [0.2, 0.25) is 5.91 Å². The number of carbonyl (C=O) groups excluding carboxylic acids is 1. The van der Waals surface area contributed by atoms with Crippen LogP contribution in [0.5, 0.6) is 0 Å². The number of hydrogen-bond acceptors (Lipinski definition) is 3. The van der Waals surface area contributed by atoms with Crippen molar-refractivity contribution in [3.63, 3.8) is 0 Å². The lowest BCUT2D eigenvalue weighted by Crippen LogP contribution is -2.52. The fraction of sp³-hybridized carbons (Fsp3) is 0.909. The van der Waals surface area contributed by atoms with E-state index >= 15 is 0 Å². The fourth-order valence-corrected chi connectivity index (χ4v) is 2.58. The van der Waals surface area contributed by atoms with E-state index in [9.17, 15) is 9.18 Å². The van der Waals surface area contributed by atoms with Crippen molar-refractivity contribution >= 4 is 5.91 Å². The van der Waals surface area contributed by atoms with E-state index in [1.54, 1.807) is 0 Å². The summed E-state index contributed by atoms with van der Waals surface area (Å²) in [6.45, 7) is 4.25. The van der Waals surface area contributed by atoms with Gasteiger partial charge >= 0.3 is 0 Å². The van der Waals surface area contributed by atoms with Crippen LogP contribution < -0.4 is 5.32 Å². The highest BCUT2D eigenvalue weighted by atomic mass is 19.1. The third-order valence-corrected chi connectivity index (χ3v) is 3.45. The minimum atomic E-state index is -0.356. The smallest absolute Gasteiger partial charge is 0.240 e. The maximum absolute atomic E-state index is 12.3. The number of alkyl halides is 1. The van der Waals surface area contributed by atoms with Crippen LogP contribution >= 0.6 is 0 Å². The summed E-state index contributed by atoms with van der Waals surface area (Å²) in [7, 11) is 0. The third kappa shape index (κ3) is 2.52. The van der Waals surface area contributed by atoms with E-state index in [0.717, 1.165) is 45.6 Å². The average molecular weight is 229 g/mol. The first kappa shape index (κ1) is 11.8. The topological polar surface area (TPSA) is 35.6 Å². The van der Waals surface area contributed by atoms with Crippen LogP contribution in [0.1, 0.15) is 12.8 Å². The van der Waals surface area contributed by atoms with Gasteiger partial charge in [0.25, 0.3) is 0 Å². The Bertz CT molecular complexity index is 243. The predicted octanol–water partition coefficient (Wildman–Crippen LogP) is -0.148. The lowest BCUT2D eigenvalue weighted by molar-refractivity contribution is -0.136. The number of hydrogen-bond donors (Lipinski definition) is 1. The molecule has 0 aromatic rings. The van der Waals surface area contributed by atoms with Gasteiger partial charge in [-0.05, 0) is 19.4 Å². The van der Waals surface area contributed by atoms with E-state index in [4.69, 9.17) is 0 Å². The molecule has 0 radical (unpaired) electrons. The standard InChI is InChI=1S/C11H20FN3O/c12-3-7-14-6-1-2-10(14)11(16)15-8-4-13-5-9-15/h10,13H,1-9H2. The Hall–Kier alpha value is -0.680. The molecule has 5 heteroatoms. The van der Waals surface area contributed by atoms with Gasteiger partial charge in [-0.3, -0.25) is 9.69 Å². The Kier molecular flexibility index (Phi) is 4.12. The maximum atomic E-state index is 12.3. The molecule has 0 aromatic heterocycles. The molecule has 0 spiro atoms. The van der Waals surface area contributed by atoms with E-state index in [0.29, 0.717) is 6.54 Å². The van der Waals surface area contributed by atoms with Gasteiger partial charge in [-0.25, -0.2) is 4.39 Å². The molecule has 1 N–H and O–H groups in total. The summed E-state index contributed by atoms with van der Waals surface area (Å²) in [6.07, 6.45) is 1.91. The van der Waals surface area contributed by atoms with E-state index in [-0.39, 0.29) is 18.6 Å². The second-order valence-corrected chi connectivity index (χ2v) is 4.46. The van der Waals surface area contributed by atoms with Crippen LogP contribution in [0.15, 0.2) is 0 Å². The fourth-order valence-electron chi connectivity index (χ4n) is 2.58. The van der Waals surface area contributed by atoms with Crippen molar-refractivity contribution in [1.29, 1.82) is 0 Å². The van der Waals surface area contributed by atoms with E-state index < -0.39 is 0 Å². The first-order valence-corrected chi connectivity index (χ1v) is 6.12. The monoisotopic (exact) mass is 229 g/mol. The molecule has 0 saturated carbocycles. The molecule has 2 aliphatic heterocycles. The second kappa shape index (κ2) is 5.59. The number of likely N-dealkylation sites (tertiary alicyclic amines) is 1. The highest BCUT2D eigenvalue weighted by Crippen LogP contribution is 2.19. The summed E-state index contributed by atoms with van der Waals surface area (Å²) in [4.78, 5) is 16.1. The van der Waals surface area contributed by atoms with Gasteiger partial charge in [-0.2, -0.15) is 0 Å². The maximum Gasteiger partial charge on any atom is 0.240 e. The van der Waals surface area contributed by atoms with Gasteiger partial charge in [-0.15, -0.1) is 0 Å². The summed E-state index contributed by atoms with van der Waals surface area (Å²) in [6, 6.07) is -0.0613. The molecule has 4 nitrogen and oxygen atoms in total. The van der Waals surface area contributed by atoms with Crippen LogP contribution in [-0.2, 0) is 4.79 Å². The van der Waals surface area contributed by atoms with E-state index in [1.807, 2.05) is 9.80 Å². The van der Waals surface area contributed by atoms with E-state index in [1.165, 1.54) is 0 Å². The number of amides is 1. The van der Waals surface area contributed by atoms with Crippen LogP contribution in [0.4, 0.5) is 4.39 Å². The number of halogens is 1. The normalized spacial score (nSPS) is 27.3. The first-order chi connectivity index (χ1) is 7.83. The zero-order chi connectivity index (χ0) is 11.4. The Morgan fingerprint density at radius 1 is 1.31 bits per heavy atom. The summed E-state index contributed by atoms with van der Waals surface area (Å²) in [5, 5.41) is 3.23. The van der Waals surface area contributed by atoms with Gasteiger partial charge in [0.05, 0.1) is 6.04 Å². The zero-order valence-corrected chi connectivity index (χ0v) is 9.62. The highest BCUT2D eigenvalue weighted by Gasteiger charge is 2.33. The summed E-state index contributed by atoms with van der Waals surface area (Å²) >= 11 is 0. The molecule has 0 aliphatic carbocycles. The minimum Gasteiger partial charge on any atom is -0.339 e. The zero-order valence-electron chi connectivity index (χ0n) is 9.62. The molecule has 2 rings (SSSR count). The Morgan fingerprint density at radius 2 is 2.06 bits per heavy atom. The lowest BCUT2D eigenvalue weighted by Gasteiger charge is -2.32. The van der Waals surface area contributed by atoms with Gasteiger partial charge in [-0.1, -0.05) is 0 Å². The summed E-state index contributed by atoms with van der Waals surface area (Å²) in [5.41, 5.74) is 0. The molecule has 16 heavy (non-hydrogen) atoms. The van der Waals surface area contributed by atoms with Crippen LogP contribution in [0.25, 0.3) is 0 Å². The summed E-state index contributed by atoms with van der Waals surface area (Å²) in [5.74, 6) is 0.201. The number of piperazine rings is 1. The van der Waals surface area contributed by atoms with Gasteiger partial charge in [0.1, 0.15) is 6.67 Å². The SMILES string of the molecule is O=C(C1CCCN1CCF)N1CCNCC1. The van der Waals surface area contributed by atoms with Crippen LogP contribution in [0.2, 0.25) is 0 Å². The molecule has 1 amide bonds. The first-order valence-electron chi connectivity index (χ1n) is 6.12. The number of carbonyl (C=O) groups is 1. The van der Waals surface area contributed by atoms with Crippen molar-refractivity contribution in [1.82, 2.24) is 15.1 Å². The molecular formula is C11H20FN3O. The molecule has 2 saturated heterocycles. The summed E-state index contributed by atoms with van der Waals surface area (Å²) < 4.78 is 12.3. The quantitative estimate of drug-likeness (QED) is 0.731. The Balaban J connectivity index is 1.91. The van der Waals surface area contributed by atoms with Crippen LogP contribution in [0.3, 0.4) is 0 Å². The molecule has 2 fully saturated rings. The van der Waals surface area contributed by atoms with Gasteiger partial charge < -0.3 is 10.2 Å². The van der Waals surface area contributed by atoms with Crippen molar-refractivity contribution in [3.05, 3.63) is 0 Å². The highest BCUT2D eigenvalue weighted by molar-refractivity contribution is 5.82. The molecular weight excluding hydrogens is 209 g/mol. The molecule has 1 atom stereocenters. The van der Waals surface area contributed by atoms with Crippen molar-refractivity contribution in [3.8, 4) is 0 Å². The van der Waals surface area contributed by atoms with Crippen molar-refractivity contribution in [2.45, 2.75) is 18.9 Å².